The average Bonchev–Trinajstić information content (AvgIpc) is 2.63. The van der Waals surface area contributed by atoms with E-state index in [1.807, 2.05) is 12.1 Å². The monoisotopic (exact) mass is 389 g/mol. The van der Waals surface area contributed by atoms with Crippen LogP contribution in [0, 0.1) is 23.2 Å². The second kappa shape index (κ2) is 7.67. The van der Waals surface area contributed by atoms with Crippen molar-refractivity contribution in [3.05, 3.63) is 35.4 Å². The molecule has 0 aromatic heterocycles. The molecule has 0 unspecified atom stereocenters. The van der Waals surface area contributed by atoms with Gasteiger partial charge in [-0.3, -0.25) is 0 Å². The van der Waals surface area contributed by atoms with Gasteiger partial charge in [-0.1, -0.05) is 24.3 Å². The van der Waals surface area contributed by atoms with Crippen LogP contribution in [0.2, 0.25) is 5.02 Å². The van der Waals surface area contributed by atoms with Crippen LogP contribution in [0.3, 0.4) is 0 Å². The predicted octanol–water partition coefficient (Wildman–Crippen LogP) is 5.61. The van der Waals surface area contributed by atoms with Crippen molar-refractivity contribution < 1.29 is 9.47 Å². The van der Waals surface area contributed by atoms with Crippen molar-refractivity contribution in [2.45, 2.75) is 58.0 Å². The van der Waals surface area contributed by atoms with Gasteiger partial charge in [0.15, 0.2) is 11.5 Å². The molecule has 0 saturated heterocycles. The van der Waals surface area contributed by atoms with Gasteiger partial charge in [0.25, 0.3) is 0 Å². The summed E-state index contributed by atoms with van der Waals surface area (Å²) < 4.78 is 11.2. The minimum atomic E-state index is 0.413. The molecule has 0 radical (unpaired) electrons. The zero-order valence-electron chi connectivity index (χ0n) is 16.6. The zero-order valence-corrected chi connectivity index (χ0v) is 17.4. The van der Waals surface area contributed by atoms with Crippen LogP contribution >= 0.6 is 11.6 Å². The first-order valence-electron chi connectivity index (χ1n) is 10.4. The van der Waals surface area contributed by atoms with E-state index >= 15 is 0 Å². The van der Waals surface area contributed by atoms with E-state index in [1.54, 1.807) is 13.2 Å². The molecule has 0 amide bonds. The number of ether oxygens (including phenoxy) is 2. The Bertz CT molecular complexity index is 667. The van der Waals surface area contributed by atoms with Gasteiger partial charge < -0.3 is 14.8 Å². The summed E-state index contributed by atoms with van der Waals surface area (Å²) in [6.07, 6.45) is 10.4. The van der Waals surface area contributed by atoms with Crippen LogP contribution in [0.15, 0.2) is 24.8 Å². The molecule has 4 fully saturated rings. The Morgan fingerprint density at radius 2 is 1.85 bits per heavy atom. The predicted molar refractivity (Wildman–Crippen MR) is 111 cm³/mol. The molecule has 1 aromatic carbocycles. The molecule has 4 heteroatoms. The van der Waals surface area contributed by atoms with Gasteiger partial charge >= 0.3 is 0 Å². The topological polar surface area (TPSA) is 30.5 Å². The highest BCUT2D eigenvalue weighted by Gasteiger charge is 2.52. The number of methoxy groups -OCH3 is 1. The normalized spacial score (nSPS) is 32.3. The van der Waals surface area contributed by atoms with Crippen molar-refractivity contribution >= 4 is 11.6 Å². The fourth-order valence-electron chi connectivity index (χ4n) is 6.35. The zero-order chi connectivity index (χ0) is 19.0. The largest absolute Gasteiger partial charge is 0.493 e. The molecule has 148 valence electrons. The van der Waals surface area contributed by atoms with Crippen LogP contribution in [0.4, 0.5) is 0 Å². The van der Waals surface area contributed by atoms with Gasteiger partial charge in [-0.05, 0) is 86.3 Å². The van der Waals surface area contributed by atoms with Crippen molar-refractivity contribution in [2.75, 3.05) is 13.7 Å². The van der Waals surface area contributed by atoms with Gasteiger partial charge in [-0.25, -0.2) is 0 Å². The molecular weight excluding hydrogens is 358 g/mol. The molecule has 4 aliphatic rings. The Hall–Kier alpha value is -1.19. The number of rotatable bonds is 8. The Kier molecular flexibility index (Phi) is 5.44. The molecule has 1 N–H and O–H groups in total. The van der Waals surface area contributed by atoms with Crippen LogP contribution in [-0.4, -0.2) is 19.8 Å². The first-order valence-corrected chi connectivity index (χ1v) is 10.7. The number of hydrogen-bond acceptors (Lipinski definition) is 3. The summed E-state index contributed by atoms with van der Waals surface area (Å²) in [5.74, 6) is 4.23. The van der Waals surface area contributed by atoms with Crippen LogP contribution < -0.4 is 14.8 Å². The fraction of sp³-hybridized carbons (Fsp3) is 0.652. The minimum absolute atomic E-state index is 0.413. The van der Waals surface area contributed by atoms with Crippen LogP contribution in [0.25, 0.3) is 0 Å². The van der Waals surface area contributed by atoms with Crippen LogP contribution in [0.5, 0.6) is 11.5 Å². The summed E-state index contributed by atoms with van der Waals surface area (Å²) in [5, 5.41) is 4.42. The lowest BCUT2D eigenvalue weighted by Gasteiger charge is -2.59. The van der Waals surface area contributed by atoms with Crippen molar-refractivity contribution in [3.8, 4) is 11.5 Å². The summed E-state index contributed by atoms with van der Waals surface area (Å²) in [7, 11) is 1.65. The summed E-state index contributed by atoms with van der Waals surface area (Å²) in [5.41, 5.74) is 1.65. The summed E-state index contributed by atoms with van der Waals surface area (Å²) in [6, 6.07) is 4.55. The van der Waals surface area contributed by atoms with Crippen molar-refractivity contribution in [3.63, 3.8) is 0 Å². The number of nitrogens with one attached hydrogen (secondary N) is 1. The van der Waals surface area contributed by atoms with Gasteiger partial charge in [0.05, 0.1) is 12.1 Å². The van der Waals surface area contributed by atoms with E-state index in [-0.39, 0.29) is 0 Å². The molecule has 27 heavy (non-hydrogen) atoms. The van der Waals surface area contributed by atoms with E-state index in [1.165, 1.54) is 38.5 Å². The highest BCUT2D eigenvalue weighted by molar-refractivity contribution is 6.32. The lowest BCUT2D eigenvalue weighted by molar-refractivity contribution is -0.0706. The SMILES string of the molecule is C=CCOc1c(Cl)cc(CN[C@H](C)C23CC4CC(CC(C4)C2)C3)cc1OC. The first kappa shape index (κ1) is 19.1. The van der Waals surface area contributed by atoms with Crippen molar-refractivity contribution in [1.82, 2.24) is 5.32 Å². The molecule has 4 aliphatic carbocycles. The molecule has 0 spiro atoms. The van der Waals surface area contributed by atoms with E-state index < -0.39 is 0 Å². The maximum absolute atomic E-state index is 6.45. The summed E-state index contributed by atoms with van der Waals surface area (Å²) in [6.45, 7) is 7.30. The van der Waals surface area contributed by atoms with Gasteiger partial charge in [-0.2, -0.15) is 0 Å². The third-order valence-electron chi connectivity index (χ3n) is 7.25. The third-order valence-corrected chi connectivity index (χ3v) is 7.53. The lowest BCUT2D eigenvalue weighted by Crippen LogP contribution is -2.54. The van der Waals surface area contributed by atoms with Crippen LogP contribution in [0.1, 0.15) is 51.0 Å². The maximum atomic E-state index is 6.45. The Morgan fingerprint density at radius 1 is 1.22 bits per heavy atom. The smallest absolute Gasteiger partial charge is 0.180 e. The Morgan fingerprint density at radius 3 is 2.41 bits per heavy atom. The first-order chi connectivity index (χ1) is 13.0. The number of hydrogen-bond donors (Lipinski definition) is 1. The average molecular weight is 390 g/mol. The third kappa shape index (κ3) is 3.73. The Balaban J connectivity index is 1.44. The highest BCUT2D eigenvalue weighted by Crippen LogP contribution is 2.61. The van der Waals surface area contributed by atoms with Gasteiger partial charge in [0, 0.05) is 12.6 Å². The molecule has 0 heterocycles. The lowest BCUT2D eigenvalue weighted by atomic mass is 9.48. The number of benzene rings is 1. The van der Waals surface area contributed by atoms with Crippen molar-refractivity contribution in [2.24, 2.45) is 23.2 Å². The Labute approximate surface area is 168 Å². The minimum Gasteiger partial charge on any atom is -0.493 e. The molecule has 4 bridgehead atoms. The summed E-state index contributed by atoms with van der Waals surface area (Å²) in [4.78, 5) is 0. The summed E-state index contributed by atoms with van der Waals surface area (Å²) >= 11 is 6.45. The number of halogens is 1. The maximum Gasteiger partial charge on any atom is 0.180 e. The van der Waals surface area contributed by atoms with E-state index in [2.05, 4.69) is 18.8 Å². The van der Waals surface area contributed by atoms with Crippen LogP contribution in [-0.2, 0) is 6.54 Å². The molecule has 1 atom stereocenters. The molecule has 0 aliphatic heterocycles. The second-order valence-electron chi connectivity index (χ2n) is 9.09. The standard InChI is InChI=1S/C23H32ClNO2/c1-4-5-27-22-20(24)9-19(10-21(22)26-3)14-25-15(2)23-11-16-6-17(12-23)8-18(7-16)13-23/h4,9-10,15-18,25H,1,5-8,11-14H2,2-3H3/t15-,16?,17?,18?,23?/m1/s1. The fourth-order valence-corrected chi connectivity index (χ4v) is 6.64. The quantitative estimate of drug-likeness (QED) is 0.586. The second-order valence-corrected chi connectivity index (χ2v) is 9.50. The van der Waals surface area contributed by atoms with E-state index in [0.29, 0.717) is 34.6 Å². The molecule has 4 saturated carbocycles. The van der Waals surface area contributed by atoms with Gasteiger partial charge in [0.1, 0.15) is 6.61 Å². The molecule has 1 aromatic rings. The molecular formula is C23H32ClNO2. The van der Waals surface area contributed by atoms with E-state index in [4.69, 9.17) is 21.1 Å². The van der Waals surface area contributed by atoms with Crippen molar-refractivity contribution in [1.29, 1.82) is 0 Å². The van der Waals surface area contributed by atoms with E-state index in [0.717, 1.165) is 29.9 Å². The van der Waals surface area contributed by atoms with E-state index in [9.17, 15) is 0 Å². The van der Waals surface area contributed by atoms with Gasteiger partial charge in [0.2, 0.25) is 0 Å². The molecule has 5 rings (SSSR count). The highest BCUT2D eigenvalue weighted by atomic mass is 35.5. The molecule has 3 nitrogen and oxygen atoms in total. The van der Waals surface area contributed by atoms with Gasteiger partial charge in [-0.15, -0.1) is 0 Å².